The van der Waals surface area contributed by atoms with E-state index in [0.717, 1.165) is 11.1 Å². The molecule has 0 aliphatic heterocycles. The van der Waals surface area contributed by atoms with E-state index in [1.165, 1.54) is 45.9 Å². The summed E-state index contributed by atoms with van der Waals surface area (Å²) in [6.45, 7) is 0.243. The van der Waals surface area contributed by atoms with Gasteiger partial charge in [-0.15, -0.1) is 21.5 Å². The van der Waals surface area contributed by atoms with Gasteiger partial charge in [0.25, 0.3) is 5.56 Å². The number of nitrogens with zero attached hydrogens (tertiary/aromatic N) is 4. The molecule has 0 aliphatic rings. The predicted molar refractivity (Wildman–Crippen MR) is 114 cm³/mol. The predicted octanol–water partition coefficient (Wildman–Crippen LogP) is 4.72. The summed E-state index contributed by atoms with van der Waals surface area (Å²) in [5, 5.41) is 10.9. The molecule has 5 rings (SSSR count). The molecule has 150 valence electrons. The minimum atomic E-state index is -0.334. The van der Waals surface area contributed by atoms with Crippen molar-refractivity contribution in [1.82, 2.24) is 19.2 Å². The molecular formula is C21H14F2N4OS2. The van der Waals surface area contributed by atoms with Crippen molar-refractivity contribution in [2.24, 2.45) is 0 Å². The van der Waals surface area contributed by atoms with Gasteiger partial charge in [-0.3, -0.25) is 13.8 Å². The number of hydrogen-bond acceptors (Lipinski definition) is 5. The summed E-state index contributed by atoms with van der Waals surface area (Å²) in [6, 6.07) is 14.5. The molecule has 0 saturated heterocycles. The minimum absolute atomic E-state index is 0.171. The summed E-state index contributed by atoms with van der Waals surface area (Å²) in [5.41, 5.74) is 1.89. The number of aromatic nitrogens is 4. The molecule has 0 radical (unpaired) electrons. The highest BCUT2D eigenvalue weighted by Crippen LogP contribution is 2.27. The molecule has 0 unspecified atom stereocenters. The summed E-state index contributed by atoms with van der Waals surface area (Å²) in [4.78, 5) is 13.1. The van der Waals surface area contributed by atoms with Gasteiger partial charge in [0.1, 0.15) is 16.3 Å². The summed E-state index contributed by atoms with van der Waals surface area (Å²) >= 11 is 2.70. The Morgan fingerprint density at radius 2 is 1.80 bits per heavy atom. The van der Waals surface area contributed by atoms with Crippen molar-refractivity contribution in [3.63, 3.8) is 0 Å². The number of thioether (sulfide) groups is 1. The van der Waals surface area contributed by atoms with E-state index in [0.29, 0.717) is 27.0 Å². The zero-order valence-corrected chi connectivity index (χ0v) is 17.1. The molecular weight excluding hydrogens is 426 g/mol. The van der Waals surface area contributed by atoms with Gasteiger partial charge in [-0.05, 0) is 40.8 Å². The summed E-state index contributed by atoms with van der Waals surface area (Å²) in [7, 11) is 0. The highest BCUT2D eigenvalue weighted by Gasteiger charge is 2.18. The fourth-order valence-electron chi connectivity index (χ4n) is 3.27. The van der Waals surface area contributed by atoms with Crippen LogP contribution in [-0.2, 0) is 12.3 Å². The topological polar surface area (TPSA) is 52.2 Å². The van der Waals surface area contributed by atoms with Crippen LogP contribution in [0.15, 0.2) is 69.9 Å². The first-order valence-corrected chi connectivity index (χ1v) is 10.9. The van der Waals surface area contributed by atoms with Gasteiger partial charge in [0.05, 0.1) is 12.1 Å². The maximum absolute atomic E-state index is 14.0. The monoisotopic (exact) mass is 440 g/mol. The number of thiophene rings is 1. The van der Waals surface area contributed by atoms with Crippen molar-refractivity contribution in [1.29, 1.82) is 0 Å². The molecule has 0 aliphatic carbocycles. The van der Waals surface area contributed by atoms with Crippen LogP contribution in [0.3, 0.4) is 0 Å². The Balaban J connectivity index is 1.61. The summed E-state index contributed by atoms with van der Waals surface area (Å²) in [5.74, 6) is 0.175. The maximum Gasteiger partial charge on any atom is 0.273 e. The second kappa shape index (κ2) is 7.66. The fourth-order valence-corrected chi connectivity index (χ4v) is 5.02. The Labute approximate surface area is 177 Å². The van der Waals surface area contributed by atoms with Crippen molar-refractivity contribution in [3.8, 4) is 0 Å². The van der Waals surface area contributed by atoms with Gasteiger partial charge in [0, 0.05) is 5.75 Å². The minimum Gasteiger partial charge on any atom is -0.271 e. The van der Waals surface area contributed by atoms with Crippen molar-refractivity contribution >= 4 is 39.1 Å². The molecule has 2 aromatic carbocycles. The molecule has 0 atom stereocenters. The van der Waals surface area contributed by atoms with Gasteiger partial charge in [0.15, 0.2) is 5.16 Å². The van der Waals surface area contributed by atoms with Crippen molar-refractivity contribution in [3.05, 3.63) is 93.1 Å². The highest BCUT2D eigenvalue weighted by atomic mass is 32.2. The van der Waals surface area contributed by atoms with Crippen LogP contribution in [-0.4, -0.2) is 19.2 Å². The first-order chi connectivity index (χ1) is 14.6. The lowest BCUT2D eigenvalue weighted by molar-refractivity contribution is 0.617. The van der Waals surface area contributed by atoms with Gasteiger partial charge in [-0.2, -0.15) is 0 Å². The Kier molecular flexibility index (Phi) is 4.84. The third kappa shape index (κ3) is 3.29. The number of halogens is 2. The van der Waals surface area contributed by atoms with Crippen LogP contribution in [0.5, 0.6) is 0 Å². The average Bonchev–Trinajstić information content (AvgIpc) is 3.39. The van der Waals surface area contributed by atoms with Crippen LogP contribution in [0.4, 0.5) is 8.78 Å². The van der Waals surface area contributed by atoms with Crippen LogP contribution in [0, 0.1) is 11.6 Å². The van der Waals surface area contributed by atoms with Gasteiger partial charge in [0.2, 0.25) is 5.78 Å². The van der Waals surface area contributed by atoms with E-state index < -0.39 is 0 Å². The molecule has 0 amide bonds. The summed E-state index contributed by atoms with van der Waals surface area (Å²) in [6.07, 6.45) is 0. The van der Waals surface area contributed by atoms with Crippen LogP contribution in [0.2, 0.25) is 0 Å². The van der Waals surface area contributed by atoms with E-state index >= 15 is 0 Å². The fraction of sp³-hybridized carbons (Fsp3) is 0.0952. The van der Waals surface area contributed by atoms with Crippen LogP contribution in [0.25, 0.3) is 16.0 Å². The second-order valence-electron chi connectivity index (χ2n) is 6.65. The van der Waals surface area contributed by atoms with Crippen molar-refractivity contribution < 1.29 is 8.78 Å². The lowest BCUT2D eigenvalue weighted by Gasteiger charge is -2.09. The third-order valence-electron chi connectivity index (χ3n) is 4.75. The van der Waals surface area contributed by atoms with Gasteiger partial charge in [-0.25, -0.2) is 8.78 Å². The van der Waals surface area contributed by atoms with Gasteiger partial charge in [-0.1, -0.05) is 42.1 Å². The summed E-state index contributed by atoms with van der Waals surface area (Å²) < 4.78 is 31.2. The lowest BCUT2D eigenvalue weighted by Crippen LogP contribution is -2.23. The Morgan fingerprint density at radius 1 is 1.00 bits per heavy atom. The van der Waals surface area contributed by atoms with E-state index in [4.69, 9.17) is 0 Å². The molecule has 0 fully saturated rings. The third-order valence-corrected chi connectivity index (χ3v) is 6.62. The van der Waals surface area contributed by atoms with E-state index in [9.17, 15) is 13.6 Å². The molecule has 0 spiro atoms. The highest BCUT2D eigenvalue weighted by molar-refractivity contribution is 7.98. The molecule has 30 heavy (non-hydrogen) atoms. The smallest absolute Gasteiger partial charge is 0.271 e. The first kappa shape index (κ1) is 19.0. The van der Waals surface area contributed by atoms with E-state index in [1.807, 2.05) is 15.8 Å². The number of benzene rings is 2. The zero-order valence-electron chi connectivity index (χ0n) is 15.5. The van der Waals surface area contributed by atoms with Crippen molar-refractivity contribution in [2.45, 2.75) is 17.5 Å². The normalized spacial score (nSPS) is 11.5. The largest absolute Gasteiger partial charge is 0.273 e. The van der Waals surface area contributed by atoms with Crippen molar-refractivity contribution in [2.75, 3.05) is 0 Å². The molecule has 0 saturated carbocycles. The molecule has 5 nitrogen and oxygen atoms in total. The number of fused-ring (bicyclic) bond motifs is 3. The van der Waals surface area contributed by atoms with E-state index in [2.05, 4.69) is 10.2 Å². The van der Waals surface area contributed by atoms with Gasteiger partial charge >= 0.3 is 0 Å². The van der Waals surface area contributed by atoms with E-state index in [-0.39, 0.29) is 23.7 Å². The van der Waals surface area contributed by atoms with Crippen LogP contribution < -0.4 is 5.56 Å². The standard InChI is InChI=1S/C21H14F2N4OS2/c22-15-7-5-13(6-8-15)11-26-19(28)18-17(9-10-29-18)27-20(26)24-25-21(27)30-12-14-3-1-2-4-16(14)23/h1-10H,11-12H2. The Hall–Kier alpha value is -3.04. The van der Waals surface area contributed by atoms with E-state index in [1.54, 1.807) is 30.3 Å². The molecule has 3 heterocycles. The molecule has 0 bridgehead atoms. The molecule has 0 N–H and O–H groups in total. The van der Waals surface area contributed by atoms with Crippen LogP contribution in [0.1, 0.15) is 11.1 Å². The first-order valence-electron chi connectivity index (χ1n) is 9.07. The zero-order chi connectivity index (χ0) is 20.7. The molecule has 9 heteroatoms. The lowest BCUT2D eigenvalue weighted by atomic mass is 10.2. The maximum atomic E-state index is 14.0. The quantitative estimate of drug-likeness (QED) is 0.371. The van der Waals surface area contributed by atoms with Crippen LogP contribution >= 0.6 is 23.1 Å². The molecule has 3 aromatic heterocycles. The average molecular weight is 441 g/mol. The number of hydrogen-bond donors (Lipinski definition) is 0. The SMILES string of the molecule is O=c1c2sccc2n2c(SCc3ccccc3F)nnc2n1Cc1ccc(F)cc1. The Morgan fingerprint density at radius 3 is 2.60 bits per heavy atom. The van der Waals surface area contributed by atoms with Gasteiger partial charge < -0.3 is 0 Å². The number of rotatable bonds is 5. The second-order valence-corrected chi connectivity index (χ2v) is 8.51. The molecule has 5 aromatic rings. The Bertz CT molecular complexity index is 1420.